The highest BCUT2D eigenvalue weighted by Gasteiger charge is 2.28. The third-order valence-corrected chi connectivity index (χ3v) is 6.03. The zero-order valence-electron chi connectivity index (χ0n) is 16.6. The predicted molar refractivity (Wildman–Crippen MR) is 117 cm³/mol. The van der Waals surface area contributed by atoms with E-state index in [9.17, 15) is 19.2 Å². The first-order valence-electron chi connectivity index (χ1n) is 9.36. The molecule has 31 heavy (non-hydrogen) atoms. The summed E-state index contributed by atoms with van der Waals surface area (Å²) in [5.41, 5.74) is -0.371. The van der Waals surface area contributed by atoms with Crippen LogP contribution >= 0.6 is 23.1 Å². The molecule has 2 N–H and O–H groups in total. The smallest absolute Gasteiger partial charge is 0.409 e. The lowest BCUT2D eigenvalue weighted by molar-refractivity contribution is -0.129. The second-order valence-electron chi connectivity index (χ2n) is 6.32. The van der Waals surface area contributed by atoms with Gasteiger partial charge in [-0.1, -0.05) is 17.8 Å². The monoisotopic (exact) mass is 464 g/mol. The van der Waals surface area contributed by atoms with Gasteiger partial charge in [-0.05, 0) is 18.4 Å². The van der Waals surface area contributed by atoms with Crippen LogP contribution in [-0.4, -0.2) is 88.9 Å². The fourth-order valence-corrected chi connectivity index (χ4v) is 4.12. The molecular weight excluding hydrogens is 444 g/mol. The van der Waals surface area contributed by atoms with Crippen molar-refractivity contribution in [1.29, 1.82) is 5.41 Å². The molecule has 0 radical (unpaired) electrons. The maximum absolute atomic E-state index is 12.4. The van der Waals surface area contributed by atoms with Crippen LogP contribution in [-0.2, 0) is 14.3 Å². The van der Waals surface area contributed by atoms with Crippen molar-refractivity contribution in [2.24, 2.45) is 9.98 Å². The molecule has 1 saturated heterocycles. The molecule has 3 rings (SSSR count). The van der Waals surface area contributed by atoms with Crippen LogP contribution in [0.25, 0.3) is 0 Å². The second kappa shape index (κ2) is 10.3. The van der Waals surface area contributed by atoms with Crippen molar-refractivity contribution in [2.75, 3.05) is 38.5 Å². The van der Waals surface area contributed by atoms with Gasteiger partial charge in [0.1, 0.15) is 0 Å². The summed E-state index contributed by atoms with van der Waals surface area (Å²) < 4.78 is 4.95. The minimum absolute atomic E-state index is 0.00635. The number of nitrogens with one attached hydrogen (secondary N) is 2. The lowest BCUT2D eigenvalue weighted by Gasteiger charge is -2.34. The molecule has 0 saturated carbocycles. The van der Waals surface area contributed by atoms with Crippen molar-refractivity contribution in [1.82, 2.24) is 15.1 Å². The summed E-state index contributed by atoms with van der Waals surface area (Å²) in [6.45, 7) is 3.57. The number of carbonyl (C=O) groups is 4. The molecule has 0 bridgehead atoms. The zero-order valence-corrected chi connectivity index (χ0v) is 18.3. The van der Waals surface area contributed by atoms with Crippen molar-refractivity contribution in [3.63, 3.8) is 0 Å². The molecule has 3 heterocycles. The van der Waals surface area contributed by atoms with E-state index in [0.29, 0.717) is 37.7 Å². The van der Waals surface area contributed by atoms with Gasteiger partial charge in [-0.2, -0.15) is 4.99 Å². The van der Waals surface area contributed by atoms with Crippen LogP contribution in [0.3, 0.4) is 0 Å². The average molecular weight is 465 g/mol. The molecule has 11 nitrogen and oxygen atoms in total. The van der Waals surface area contributed by atoms with Gasteiger partial charge in [0.2, 0.25) is 5.91 Å². The van der Waals surface area contributed by atoms with Crippen molar-refractivity contribution in [2.45, 2.75) is 6.92 Å². The lowest BCUT2D eigenvalue weighted by Crippen LogP contribution is -2.51. The van der Waals surface area contributed by atoms with E-state index in [1.54, 1.807) is 34.2 Å². The highest BCUT2D eigenvalue weighted by atomic mass is 32.2. The number of hydrogen-bond acceptors (Lipinski definition) is 8. The highest BCUT2D eigenvalue weighted by molar-refractivity contribution is 8.14. The number of aliphatic imine (C=N–C) groups is 2. The number of ether oxygens (including phenoxy) is 1. The number of hydrogen-bond donors (Lipinski definition) is 2. The number of piperazine rings is 1. The first kappa shape index (κ1) is 22.6. The van der Waals surface area contributed by atoms with Gasteiger partial charge in [0.05, 0.1) is 17.2 Å². The van der Waals surface area contributed by atoms with Crippen LogP contribution < -0.4 is 5.32 Å². The molecule has 13 heteroatoms. The first-order valence-corrected chi connectivity index (χ1v) is 11.2. The maximum Gasteiger partial charge on any atom is 0.409 e. The topological polar surface area (TPSA) is 145 Å². The summed E-state index contributed by atoms with van der Waals surface area (Å²) in [5, 5.41) is 12.2. The fourth-order valence-electron chi connectivity index (χ4n) is 2.75. The summed E-state index contributed by atoms with van der Waals surface area (Å²) in [6, 6.07) is 3.26. The number of amides is 4. The van der Waals surface area contributed by atoms with Crippen molar-refractivity contribution >= 4 is 63.6 Å². The lowest BCUT2D eigenvalue weighted by atomic mass is 10.3. The van der Waals surface area contributed by atoms with Crippen LogP contribution in [0.15, 0.2) is 27.5 Å². The SMILES string of the molecule is CCOC(=O)N1CCN(C(=O)CSC2=NC(=N)C(=NC(=O)c3cccs3)C(=O)N2)CC1. The number of rotatable bonds is 4. The van der Waals surface area contributed by atoms with Gasteiger partial charge < -0.3 is 14.5 Å². The van der Waals surface area contributed by atoms with Crippen molar-refractivity contribution < 1.29 is 23.9 Å². The van der Waals surface area contributed by atoms with E-state index < -0.39 is 23.7 Å². The van der Waals surface area contributed by atoms with Gasteiger partial charge in [0, 0.05) is 26.2 Å². The number of nitrogens with zero attached hydrogens (tertiary/aromatic N) is 4. The summed E-state index contributed by atoms with van der Waals surface area (Å²) in [4.78, 5) is 59.6. The predicted octanol–water partition coefficient (Wildman–Crippen LogP) is 0.826. The zero-order chi connectivity index (χ0) is 22.4. The minimum Gasteiger partial charge on any atom is -0.450 e. The summed E-state index contributed by atoms with van der Waals surface area (Å²) in [5.74, 6) is -1.95. The van der Waals surface area contributed by atoms with E-state index in [-0.39, 0.29) is 22.5 Å². The van der Waals surface area contributed by atoms with E-state index in [4.69, 9.17) is 10.1 Å². The van der Waals surface area contributed by atoms with Gasteiger partial charge >= 0.3 is 6.09 Å². The molecule has 0 unspecified atom stereocenters. The molecule has 4 amide bonds. The third-order valence-electron chi connectivity index (χ3n) is 4.31. The first-order chi connectivity index (χ1) is 14.9. The van der Waals surface area contributed by atoms with Gasteiger partial charge in [0.25, 0.3) is 11.8 Å². The molecule has 0 atom stereocenters. The molecule has 1 aromatic rings. The third kappa shape index (κ3) is 5.76. The standard InChI is InChI=1S/C18H20N6O5S2/c1-2-29-18(28)24-7-5-23(6-8-24)12(25)10-31-17-21-14(19)13(16(27)22-17)20-15(26)11-4-3-9-30-11/h3-4,9H,2,5-8,10H2,1H3,(H2,19,21,22,27). The van der Waals surface area contributed by atoms with Crippen LogP contribution in [0.5, 0.6) is 0 Å². The summed E-state index contributed by atoms with van der Waals surface area (Å²) >= 11 is 2.17. The molecule has 0 aliphatic carbocycles. The molecule has 0 spiro atoms. The second-order valence-corrected chi connectivity index (χ2v) is 8.23. The minimum atomic E-state index is -0.720. The number of carbonyl (C=O) groups excluding carboxylic acids is 4. The Morgan fingerprint density at radius 1 is 1.29 bits per heavy atom. The van der Waals surface area contributed by atoms with Crippen LogP contribution in [0.1, 0.15) is 16.6 Å². The number of thioether (sulfide) groups is 1. The van der Waals surface area contributed by atoms with E-state index in [1.807, 2.05) is 0 Å². The van der Waals surface area contributed by atoms with Gasteiger partial charge in [0.15, 0.2) is 16.7 Å². The molecule has 2 aliphatic heterocycles. The largest absolute Gasteiger partial charge is 0.450 e. The van der Waals surface area contributed by atoms with E-state index in [1.165, 1.54) is 11.3 Å². The maximum atomic E-state index is 12.4. The Balaban J connectivity index is 1.52. The van der Waals surface area contributed by atoms with Gasteiger partial charge in [-0.25, -0.2) is 9.79 Å². The Bertz CT molecular complexity index is 951. The average Bonchev–Trinajstić information content (AvgIpc) is 3.30. The Kier molecular flexibility index (Phi) is 7.52. The van der Waals surface area contributed by atoms with Gasteiger partial charge in [-0.3, -0.25) is 25.1 Å². The van der Waals surface area contributed by atoms with E-state index >= 15 is 0 Å². The Labute approximate surface area is 186 Å². The Hall–Kier alpha value is -3.06. The van der Waals surface area contributed by atoms with E-state index in [0.717, 1.165) is 11.8 Å². The molecule has 1 aromatic heterocycles. The number of amidine groups is 2. The molecular formula is C18H20N6O5S2. The summed E-state index contributed by atoms with van der Waals surface area (Å²) in [7, 11) is 0. The van der Waals surface area contributed by atoms with Crippen molar-refractivity contribution in [3.05, 3.63) is 22.4 Å². The van der Waals surface area contributed by atoms with E-state index in [2.05, 4.69) is 15.3 Å². The molecule has 2 aliphatic rings. The van der Waals surface area contributed by atoms with Crippen LogP contribution in [0, 0.1) is 5.41 Å². The molecule has 1 fully saturated rings. The van der Waals surface area contributed by atoms with Crippen LogP contribution in [0.4, 0.5) is 4.79 Å². The van der Waals surface area contributed by atoms with Gasteiger partial charge in [-0.15, -0.1) is 11.3 Å². The van der Waals surface area contributed by atoms with Crippen molar-refractivity contribution in [3.8, 4) is 0 Å². The Morgan fingerprint density at radius 3 is 2.61 bits per heavy atom. The summed E-state index contributed by atoms with van der Waals surface area (Å²) in [6.07, 6.45) is -0.392. The highest BCUT2D eigenvalue weighted by Crippen LogP contribution is 2.13. The molecule has 0 aromatic carbocycles. The Morgan fingerprint density at radius 2 is 2.00 bits per heavy atom. The normalized spacial score (nSPS) is 18.0. The molecule has 164 valence electrons. The van der Waals surface area contributed by atoms with Crippen LogP contribution in [0.2, 0.25) is 0 Å². The fraction of sp³-hybridized carbons (Fsp3) is 0.389. The number of thiophene rings is 1. The quantitative estimate of drug-likeness (QED) is 0.675.